The number of methoxy groups -OCH3 is 1. The third kappa shape index (κ3) is 6.31. The van der Waals surface area contributed by atoms with Crippen LogP contribution in [0.3, 0.4) is 0 Å². The van der Waals surface area contributed by atoms with Crippen molar-refractivity contribution >= 4 is 0 Å². The molecule has 0 fully saturated rings. The van der Waals surface area contributed by atoms with Crippen molar-refractivity contribution < 1.29 is 4.74 Å². The van der Waals surface area contributed by atoms with Gasteiger partial charge >= 0.3 is 0 Å². The third-order valence-electron chi connectivity index (χ3n) is 3.01. The van der Waals surface area contributed by atoms with Gasteiger partial charge in [0.05, 0.1) is 7.11 Å². The third-order valence-corrected chi connectivity index (χ3v) is 3.01. The lowest BCUT2D eigenvalue weighted by atomic mass is 9.95. The van der Waals surface area contributed by atoms with E-state index in [2.05, 4.69) is 51.6 Å². The Morgan fingerprint density at radius 2 is 1.84 bits per heavy atom. The van der Waals surface area contributed by atoms with Crippen molar-refractivity contribution in [3.05, 3.63) is 47.2 Å². The molecule has 0 aliphatic carbocycles. The van der Waals surface area contributed by atoms with Crippen molar-refractivity contribution in [3.8, 4) is 5.75 Å². The minimum absolute atomic E-state index is 0.209. The average molecular weight is 258 g/mol. The first kappa shape index (κ1) is 15.6. The summed E-state index contributed by atoms with van der Waals surface area (Å²) in [6.45, 7) is 8.82. The highest BCUT2D eigenvalue weighted by molar-refractivity contribution is 5.27. The highest BCUT2D eigenvalue weighted by Crippen LogP contribution is 2.18. The van der Waals surface area contributed by atoms with Crippen LogP contribution in [0.25, 0.3) is 0 Å². The molecule has 0 heterocycles. The Bertz CT molecular complexity index is 440. The van der Waals surface area contributed by atoms with E-state index in [1.807, 2.05) is 12.1 Å². The summed E-state index contributed by atoms with van der Waals surface area (Å²) in [6, 6.07) is 8.32. The molecule has 0 aromatic heterocycles. The van der Waals surface area contributed by atoms with Crippen LogP contribution in [0.1, 0.15) is 46.1 Å². The maximum atomic E-state index is 5.17. The molecule has 1 aromatic rings. The van der Waals surface area contributed by atoms with E-state index < -0.39 is 0 Å². The van der Waals surface area contributed by atoms with Crippen LogP contribution in [0.4, 0.5) is 0 Å². The van der Waals surface area contributed by atoms with E-state index >= 15 is 0 Å². The molecule has 0 spiro atoms. The molecule has 0 amide bonds. The molecule has 0 bridgehead atoms. The highest BCUT2D eigenvalue weighted by atomic mass is 16.5. The summed E-state index contributed by atoms with van der Waals surface area (Å²) in [5.74, 6) is 0.919. The minimum atomic E-state index is 0.209. The molecule has 1 nitrogen and oxygen atoms in total. The quantitative estimate of drug-likeness (QED) is 0.662. The fourth-order valence-corrected chi connectivity index (χ4v) is 1.76. The molecule has 0 atom stereocenters. The van der Waals surface area contributed by atoms with Crippen molar-refractivity contribution in [2.24, 2.45) is 5.41 Å². The van der Waals surface area contributed by atoms with Crippen molar-refractivity contribution in [2.75, 3.05) is 7.11 Å². The lowest BCUT2D eigenvalue weighted by Crippen LogP contribution is -1.97. The molecule has 0 saturated heterocycles. The summed E-state index contributed by atoms with van der Waals surface area (Å²) in [5.41, 5.74) is 6.42. The zero-order valence-electron chi connectivity index (χ0n) is 12.9. The second-order valence-electron chi connectivity index (χ2n) is 5.96. The normalized spacial score (nSPS) is 10.8. The molecule has 0 aliphatic rings. The van der Waals surface area contributed by atoms with Crippen LogP contribution >= 0.6 is 0 Å². The predicted molar refractivity (Wildman–Crippen MR) is 82.7 cm³/mol. The zero-order valence-corrected chi connectivity index (χ0v) is 12.9. The summed E-state index contributed by atoms with van der Waals surface area (Å²) < 4.78 is 5.17. The van der Waals surface area contributed by atoms with E-state index in [1.54, 1.807) is 7.11 Å². The van der Waals surface area contributed by atoms with E-state index in [0.29, 0.717) is 0 Å². The summed E-state index contributed by atoms with van der Waals surface area (Å²) in [7, 11) is 1.70. The first-order chi connectivity index (χ1) is 8.94. The number of allylic oxidation sites excluding steroid dienone is 1. The van der Waals surface area contributed by atoms with Gasteiger partial charge in [-0.2, -0.15) is 0 Å². The average Bonchev–Trinajstić information content (AvgIpc) is 2.38. The fourth-order valence-electron chi connectivity index (χ4n) is 1.76. The Hall–Kier alpha value is -1.46. The molecule has 1 heteroatoms. The van der Waals surface area contributed by atoms with Crippen molar-refractivity contribution in [2.45, 2.75) is 47.0 Å². The molecule has 0 aliphatic heterocycles. The monoisotopic (exact) mass is 258 g/mol. The van der Waals surface area contributed by atoms with Gasteiger partial charge in [-0.1, -0.05) is 39.8 Å². The molecule has 0 N–H and O–H groups in total. The standard InChI is InChI=1S/C18H26O/c1-6-15(13-14-18(2,3)4)7-8-16-9-11-17(19-5)12-10-16/h9-12,14H,6-8H2,1-5H3. The minimum Gasteiger partial charge on any atom is -0.497 e. The van der Waals surface area contributed by atoms with Gasteiger partial charge in [-0.25, -0.2) is 0 Å². The van der Waals surface area contributed by atoms with Crippen molar-refractivity contribution in [3.63, 3.8) is 0 Å². The van der Waals surface area contributed by atoms with Crippen LogP contribution < -0.4 is 4.74 Å². The van der Waals surface area contributed by atoms with Gasteiger partial charge in [-0.3, -0.25) is 0 Å². The van der Waals surface area contributed by atoms with Crippen LogP contribution in [-0.2, 0) is 6.42 Å². The molecular weight excluding hydrogens is 232 g/mol. The Kier molecular flexibility index (Phi) is 5.92. The first-order valence-corrected chi connectivity index (χ1v) is 7.03. The second kappa shape index (κ2) is 7.21. The Morgan fingerprint density at radius 3 is 2.32 bits per heavy atom. The molecule has 104 valence electrons. The topological polar surface area (TPSA) is 9.23 Å². The van der Waals surface area contributed by atoms with Gasteiger partial charge in [0.25, 0.3) is 0 Å². The largest absolute Gasteiger partial charge is 0.497 e. The van der Waals surface area contributed by atoms with Crippen LogP contribution in [0.5, 0.6) is 5.75 Å². The fraction of sp³-hybridized carbons (Fsp3) is 0.500. The first-order valence-electron chi connectivity index (χ1n) is 7.03. The van der Waals surface area contributed by atoms with E-state index in [4.69, 9.17) is 4.74 Å². The Labute approximate surface area is 118 Å². The van der Waals surface area contributed by atoms with Gasteiger partial charge in [-0.15, -0.1) is 5.73 Å². The summed E-state index contributed by atoms with van der Waals surface area (Å²) in [4.78, 5) is 0. The number of aryl methyl sites for hydroxylation is 1. The molecule has 0 unspecified atom stereocenters. The van der Waals surface area contributed by atoms with Gasteiger partial charge in [0, 0.05) is 0 Å². The van der Waals surface area contributed by atoms with Gasteiger partial charge in [-0.05, 0) is 54.0 Å². The van der Waals surface area contributed by atoms with E-state index in [-0.39, 0.29) is 5.41 Å². The van der Waals surface area contributed by atoms with Gasteiger partial charge in [0.1, 0.15) is 5.75 Å². The summed E-state index contributed by atoms with van der Waals surface area (Å²) in [5, 5.41) is 0. The van der Waals surface area contributed by atoms with E-state index in [9.17, 15) is 0 Å². The predicted octanol–water partition coefficient (Wildman–Crippen LogP) is 5.17. The maximum absolute atomic E-state index is 5.17. The molecule has 0 saturated carbocycles. The number of ether oxygens (including phenoxy) is 1. The van der Waals surface area contributed by atoms with E-state index in [0.717, 1.165) is 25.0 Å². The smallest absolute Gasteiger partial charge is 0.118 e. The number of rotatable bonds is 5. The SMILES string of the molecule is CCC(=C=CC(C)(C)C)CCc1ccc(OC)cc1. The van der Waals surface area contributed by atoms with Crippen LogP contribution in [0.2, 0.25) is 0 Å². The van der Waals surface area contributed by atoms with Gasteiger partial charge in [0.2, 0.25) is 0 Å². The van der Waals surface area contributed by atoms with Gasteiger partial charge < -0.3 is 4.74 Å². The number of hydrogen-bond acceptors (Lipinski definition) is 1. The molecular formula is C18H26O. The summed E-state index contributed by atoms with van der Waals surface area (Å²) >= 11 is 0. The van der Waals surface area contributed by atoms with Crippen LogP contribution in [0, 0.1) is 5.41 Å². The van der Waals surface area contributed by atoms with Crippen LogP contribution in [-0.4, -0.2) is 7.11 Å². The maximum Gasteiger partial charge on any atom is 0.118 e. The lowest BCUT2D eigenvalue weighted by molar-refractivity contribution is 0.414. The highest BCUT2D eigenvalue weighted by Gasteiger charge is 2.03. The summed E-state index contributed by atoms with van der Waals surface area (Å²) in [6.07, 6.45) is 5.40. The molecule has 0 radical (unpaired) electrons. The molecule has 1 aromatic carbocycles. The number of benzene rings is 1. The number of hydrogen-bond donors (Lipinski definition) is 0. The van der Waals surface area contributed by atoms with Crippen LogP contribution in [0.15, 0.2) is 41.6 Å². The van der Waals surface area contributed by atoms with Gasteiger partial charge in [0.15, 0.2) is 0 Å². The zero-order chi connectivity index (χ0) is 14.3. The van der Waals surface area contributed by atoms with Crippen molar-refractivity contribution in [1.29, 1.82) is 0 Å². The second-order valence-corrected chi connectivity index (χ2v) is 5.96. The Morgan fingerprint density at radius 1 is 1.21 bits per heavy atom. The van der Waals surface area contributed by atoms with Crippen molar-refractivity contribution in [1.82, 2.24) is 0 Å². The lowest BCUT2D eigenvalue weighted by Gasteiger charge is -2.10. The van der Waals surface area contributed by atoms with E-state index in [1.165, 1.54) is 11.1 Å². The molecule has 19 heavy (non-hydrogen) atoms. The Balaban J connectivity index is 2.65. The molecule has 1 rings (SSSR count).